The summed E-state index contributed by atoms with van der Waals surface area (Å²) >= 11 is 0. The lowest BCUT2D eigenvalue weighted by Gasteiger charge is -2.24. The average molecular weight is 203 g/mol. The molecule has 1 aromatic carbocycles. The molecule has 1 aliphatic heterocycles. The molecule has 1 heterocycles. The fraction of sp³-hybridized carbons (Fsp3) is 0.250. The van der Waals surface area contributed by atoms with Crippen molar-refractivity contribution >= 4 is 11.8 Å². The molecule has 0 aromatic heterocycles. The van der Waals surface area contributed by atoms with Crippen molar-refractivity contribution in [3.05, 3.63) is 41.6 Å². The van der Waals surface area contributed by atoms with E-state index in [0.29, 0.717) is 0 Å². The maximum Gasteiger partial charge on any atom is 0.418 e. The van der Waals surface area contributed by atoms with Gasteiger partial charge in [-0.3, -0.25) is 4.90 Å². The number of benzene rings is 1. The maximum absolute atomic E-state index is 11.5. The minimum atomic E-state index is -0.349. The van der Waals surface area contributed by atoms with Crippen LogP contribution >= 0.6 is 0 Å². The Labute approximate surface area is 89.0 Å². The first-order valence-electron chi connectivity index (χ1n) is 4.86. The third-order valence-corrected chi connectivity index (χ3v) is 2.59. The van der Waals surface area contributed by atoms with Gasteiger partial charge in [-0.05, 0) is 30.5 Å². The summed E-state index contributed by atoms with van der Waals surface area (Å²) in [6.07, 6.45) is 4.24. The third-order valence-electron chi connectivity index (χ3n) is 2.59. The van der Waals surface area contributed by atoms with Gasteiger partial charge in [0.2, 0.25) is 0 Å². The Kier molecular flexibility index (Phi) is 2.46. The Morgan fingerprint density at radius 1 is 1.47 bits per heavy atom. The van der Waals surface area contributed by atoms with Crippen LogP contribution in [0.5, 0.6) is 0 Å². The fourth-order valence-electron chi connectivity index (χ4n) is 1.79. The summed E-state index contributed by atoms with van der Waals surface area (Å²) in [5, 5.41) is 0. The Morgan fingerprint density at radius 3 is 3.00 bits per heavy atom. The molecule has 0 fully saturated rings. The predicted octanol–water partition coefficient (Wildman–Crippen LogP) is 2.64. The van der Waals surface area contributed by atoms with Crippen LogP contribution < -0.4 is 4.90 Å². The predicted molar refractivity (Wildman–Crippen MR) is 58.9 cm³/mol. The third kappa shape index (κ3) is 1.61. The summed E-state index contributed by atoms with van der Waals surface area (Å²) in [5.74, 6) is 0. The number of rotatable bonds is 0. The fourth-order valence-corrected chi connectivity index (χ4v) is 1.79. The van der Waals surface area contributed by atoms with Crippen molar-refractivity contribution in [2.24, 2.45) is 0 Å². The van der Waals surface area contributed by atoms with Crippen molar-refractivity contribution in [1.29, 1.82) is 0 Å². The molecule has 78 valence electrons. The van der Waals surface area contributed by atoms with Gasteiger partial charge >= 0.3 is 6.09 Å². The highest BCUT2D eigenvalue weighted by atomic mass is 16.5. The van der Waals surface area contributed by atoms with Gasteiger partial charge in [-0.15, -0.1) is 0 Å². The zero-order chi connectivity index (χ0) is 10.8. The second kappa shape index (κ2) is 3.77. The quantitative estimate of drug-likeness (QED) is 0.648. The lowest BCUT2D eigenvalue weighted by molar-refractivity contribution is 0.181. The van der Waals surface area contributed by atoms with Gasteiger partial charge in [0.25, 0.3) is 0 Å². The summed E-state index contributed by atoms with van der Waals surface area (Å²) in [5.41, 5.74) is 3.31. The van der Waals surface area contributed by atoms with Gasteiger partial charge in [0, 0.05) is 6.20 Å². The second-order valence-corrected chi connectivity index (χ2v) is 3.50. The van der Waals surface area contributed by atoms with Gasteiger partial charge in [-0.1, -0.05) is 18.2 Å². The molecular formula is C12H13NO2. The summed E-state index contributed by atoms with van der Waals surface area (Å²) in [6, 6.07) is 5.93. The summed E-state index contributed by atoms with van der Waals surface area (Å²) < 4.78 is 4.72. The molecule has 0 saturated heterocycles. The van der Waals surface area contributed by atoms with Crippen LogP contribution in [0.3, 0.4) is 0 Å². The monoisotopic (exact) mass is 203 g/mol. The number of amides is 1. The van der Waals surface area contributed by atoms with Crippen LogP contribution in [0, 0.1) is 6.92 Å². The molecule has 3 nitrogen and oxygen atoms in total. The van der Waals surface area contributed by atoms with Crippen LogP contribution in [0.4, 0.5) is 10.5 Å². The number of ether oxygens (including phenoxy) is 1. The van der Waals surface area contributed by atoms with Gasteiger partial charge < -0.3 is 4.74 Å². The van der Waals surface area contributed by atoms with E-state index in [1.807, 2.05) is 31.2 Å². The molecule has 0 unspecified atom stereocenters. The summed E-state index contributed by atoms with van der Waals surface area (Å²) in [6.45, 7) is 2.05. The maximum atomic E-state index is 11.5. The minimum absolute atomic E-state index is 0.349. The van der Waals surface area contributed by atoms with E-state index in [9.17, 15) is 4.79 Å². The Balaban J connectivity index is 2.47. The standard InChI is InChI=1S/C12H13NO2/c1-9-5-3-7-11-10(9)6-4-8-13(11)12(14)15-2/h3-5,7-8H,6H2,1-2H3. The smallest absolute Gasteiger partial charge is 0.418 e. The summed E-state index contributed by atoms with van der Waals surface area (Å²) in [4.78, 5) is 13.0. The van der Waals surface area contributed by atoms with E-state index in [1.54, 1.807) is 6.20 Å². The Morgan fingerprint density at radius 2 is 2.27 bits per heavy atom. The van der Waals surface area contributed by atoms with Crippen LogP contribution in [0.2, 0.25) is 0 Å². The van der Waals surface area contributed by atoms with Crippen LogP contribution in [0.25, 0.3) is 0 Å². The van der Waals surface area contributed by atoms with E-state index in [0.717, 1.165) is 12.1 Å². The minimum Gasteiger partial charge on any atom is -0.452 e. The van der Waals surface area contributed by atoms with E-state index in [4.69, 9.17) is 4.74 Å². The van der Waals surface area contributed by atoms with E-state index < -0.39 is 0 Å². The number of aryl methyl sites for hydroxylation is 1. The zero-order valence-corrected chi connectivity index (χ0v) is 8.86. The lowest BCUT2D eigenvalue weighted by Crippen LogP contribution is -2.28. The van der Waals surface area contributed by atoms with E-state index in [-0.39, 0.29) is 6.09 Å². The number of carbonyl (C=O) groups excluding carboxylic acids is 1. The number of methoxy groups -OCH3 is 1. The molecule has 1 aliphatic rings. The largest absolute Gasteiger partial charge is 0.452 e. The van der Waals surface area contributed by atoms with Crippen LogP contribution in [-0.2, 0) is 11.2 Å². The first kappa shape index (κ1) is 9.77. The highest BCUT2D eigenvalue weighted by Crippen LogP contribution is 2.28. The second-order valence-electron chi connectivity index (χ2n) is 3.50. The highest BCUT2D eigenvalue weighted by molar-refractivity contribution is 5.91. The van der Waals surface area contributed by atoms with Crippen LogP contribution in [-0.4, -0.2) is 13.2 Å². The number of hydrogen-bond donors (Lipinski definition) is 0. The lowest BCUT2D eigenvalue weighted by atomic mass is 10.0. The Bertz CT molecular complexity index is 424. The van der Waals surface area contributed by atoms with Gasteiger partial charge in [-0.2, -0.15) is 0 Å². The first-order valence-corrected chi connectivity index (χ1v) is 4.86. The van der Waals surface area contributed by atoms with Gasteiger partial charge in [0.15, 0.2) is 0 Å². The molecule has 0 radical (unpaired) electrons. The van der Waals surface area contributed by atoms with Gasteiger partial charge in [-0.25, -0.2) is 4.79 Å². The highest BCUT2D eigenvalue weighted by Gasteiger charge is 2.20. The van der Waals surface area contributed by atoms with Crippen molar-refractivity contribution in [2.75, 3.05) is 12.0 Å². The van der Waals surface area contributed by atoms with Crippen molar-refractivity contribution < 1.29 is 9.53 Å². The molecule has 1 aromatic rings. The molecule has 0 bridgehead atoms. The van der Waals surface area contributed by atoms with Gasteiger partial charge in [0.1, 0.15) is 0 Å². The number of allylic oxidation sites excluding steroid dienone is 1. The number of fused-ring (bicyclic) bond motifs is 1. The molecule has 2 rings (SSSR count). The number of hydrogen-bond acceptors (Lipinski definition) is 2. The molecule has 0 atom stereocenters. The van der Waals surface area contributed by atoms with Crippen LogP contribution in [0.15, 0.2) is 30.5 Å². The molecule has 0 aliphatic carbocycles. The summed E-state index contributed by atoms with van der Waals surface area (Å²) in [7, 11) is 1.39. The van der Waals surface area contributed by atoms with Crippen molar-refractivity contribution in [3.63, 3.8) is 0 Å². The van der Waals surface area contributed by atoms with Crippen molar-refractivity contribution in [1.82, 2.24) is 0 Å². The van der Waals surface area contributed by atoms with E-state index in [2.05, 4.69) is 0 Å². The molecule has 0 saturated carbocycles. The van der Waals surface area contributed by atoms with Crippen molar-refractivity contribution in [2.45, 2.75) is 13.3 Å². The van der Waals surface area contributed by atoms with Crippen molar-refractivity contribution in [3.8, 4) is 0 Å². The van der Waals surface area contributed by atoms with Crippen LogP contribution in [0.1, 0.15) is 11.1 Å². The molecule has 0 N–H and O–H groups in total. The zero-order valence-electron chi connectivity index (χ0n) is 8.86. The van der Waals surface area contributed by atoms with E-state index >= 15 is 0 Å². The Hall–Kier alpha value is -1.77. The van der Waals surface area contributed by atoms with E-state index in [1.165, 1.54) is 23.1 Å². The average Bonchev–Trinajstić information content (AvgIpc) is 2.28. The number of anilines is 1. The SMILES string of the molecule is COC(=O)N1C=CCc2c(C)cccc21. The molecule has 0 spiro atoms. The number of carbonyl (C=O) groups is 1. The topological polar surface area (TPSA) is 29.5 Å². The van der Waals surface area contributed by atoms with Gasteiger partial charge in [0.05, 0.1) is 12.8 Å². The first-order chi connectivity index (χ1) is 7.24. The molecule has 3 heteroatoms. The number of nitrogens with zero attached hydrogens (tertiary/aromatic N) is 1. The normalized spacial score (nSPS) is 13.6. The molecule has 1 amide bonds. The molecule has 15 heavy (non-hydrogen) atoms. The molecular weight excluding hydrogens is 190 g/mol.